The van der Waals surface area contributed by atoms with Gasteiger partial charge in [0, 0.05) is 4.88 Å². The SMILES string of the molecule is CCc1scnc1CO. The van der Waals surface area contributed by atoms with Crippen molar-refractivity contribution in [3.63, 3.8) is 0 Å². The Morgan fingerprint density at radius 1 is 1.78 bits per heavy atom. The molecule has 2 nitrogen and oxygen atoms in total. The zero-order valence-corrected chi connectivity index (χ0v) is 6.11. The lowest BCUT2D eigenvalue weighted by Gasteiger charge is -1.90. The zero-order valence-electron chi connectivity index (χ0n) is 5.29. The Morgan fingerprint density at radius 3 is 3.00 bits per heavy atom. The summed E-state index contributed by atoms with van der Waals surface area (Å²) in [7, 11) is 0. The average Bonchev–Trinajstić information content (AvgIpc) is 2.33. The van der Waals surface area contributed by atoms with Crippen LogP contribution in [0.25, 0.3) is 0 Å². The first kappa shape index (κ1) is 6.71. The zero-order chi connectivity index (χ0) is 6.69. The highest BCUT2D eigenvalue weighted by Gasteiger charge is 1.99. The van der Waals surface area contributed by atoms with Gasteiger partial charge in [0.15, 0.2) is 0 Å². The van der Waals surface area contributed by atoms with E-state index < -0.39 is 0 Å². The highest BCUT2D eigenvalue weighted by atomic mass is 32.1. The predicted molar refractivity (Wildman–Crippen MR) is 37.4 cm³/mol. The van der Waals surface area contributed by atoms with Gasteiger partial charge in [-0.3, -0.25) is 0 Å². The van der Waals surface area contributed by atoms with Crippen molar-refractivity contribution in [2.75, 3.05) is 0 Å². The highest BCUT2D eigenvalue weighted by Crippen LogP contribution is 2.12. The van der Waals surface area contributed by atoms with Gasteiger partial charge >= 0.3 is 0 Å². The molecule has 9 heavy (non-hydrogen) atoms. The monoisotopic (exact) mass is 143 g/mol. The van der Waals surface area contributed by atoms with Crippen molar-refractivity contribution in [2.45, 2.75) is 20.0 Å². The molecule has 1 heterocycles. The average molecular weight is 143 g/mol. The molecule has 1 N–H and O–H groups in total. The Morgan fingerprint density at radius 2 is 2.56 bits per heavy atom. The molecule has 0 aliphatic carbocycles. The molecule has 0 unspecified atom stereocenters. The summed E-state index contributed by atoms with van der Waals surface area (Å²) in [5, 5.41) is 8.68. The number of aryl methyl sites for hydroxylation is 1. The van der Waals surface area contributed by atoms with Gasteiger partial charge in [0.1, 0.15) is 0 Å². The van der Waals surface area contributed by atoms with E-state index in [4.69, 9.17) is 5.11 Å². The van der Waals surface area contributed by atoms with Gasteiger partial charge in [-0.05, 0) is 6.42 Å². The maximum absolute atomic E-state index is 8.68. The molecule has 0 atom stereocenters. The van der Waals surface area contributed by atoms with Gasteiger partial charge in [-0.2, -0.15) is 0 Å². The Balaban J connectivity index is 2.85. The minimum absolute atomic E-state index is 0.0761. The fraction of sp³-hybridized carbons (Fsp3) is 0.500. The highest BCUT2D eigenvalue weighted by molar-refractivity contribution is 7.09. The first-order valence-corrected chi connectivity index (χ1v) is 3.78. The number of aliphatic hydroxyl groups is 1. The third kappa shape index (κ3) is 1.28. The normalized spacial score (nSPS) is 10.0. The second kappa shape index (κ2) is 2.94. The molecule has 3 heteroatoms. The van der Waals surface area contributed by atoms with Gasteiger partial charge < -0.3 is 5.11 Å². The van der Waals surface area contributed by atoms with E-state index in [1.54, 1.807) is 16.8 Å². The number of aliphatic hydroxyl groups excluding tert-OH is 1. The van der Waals surface area contributed by atoms with Gasteiger partial charge in [-0.25, -0.2) is 4.98 Å². The Labute approximate surface area is 58.2 Å². The number of aromatic nitrogens is 1. The van der Waals surface area contributed by atoms with Crippen molar-refractivity contribution in [3.05, 3.63) is 16.1 Å². The van der Waals surface area contributed by atoms with E-state index in [0.717, 1.165) is 12.1 Å². The minimum atomic E-state index is 0.0761. The topological polar surface area (TPSA) is 33.1 Å². The third-order valence-corrected chi connectivity index (χ3v) is 2.22. The van der Waals surface area contributed by atoms with Gasteiger partial charge in [0.2, 0.25) is 0 Å². The maximum Gasteiger partial charge on any atom is 0.0864 e. The van der Waals surface area contributed by atoms with E-state index in [2.05, 4.69) is 11.9 Å². The van der Waals surface area contributed by atoms with E-state index in [9.17, 15) is 0 Å². The lowest BCUT2D eigenvalue weighted by Crippen LogP contribution is -1.86. The number of nitrogens with zero attached hydrogens (tertiary/aromatic N) is 1. The van der Waals surface area contributed by atoms with E-state index in [-0.39, 0.29) is 6.61 Å². The van der Waals surface area contributed by atoms with Crippen molar-refractivity contribution in [2.24, 2.45) is 0 Å². The minimum Gasteiger partial charge on any atom is -0.390 e. The van der Waals surface area contributed by atoms with E-state index in [0.29, 0.717) is 0 Å². The molecule has 0 aromatic carbocycles. The molecule has 0 spiro atoms. The van der Waals surface area contributed by atoms with Crippen LogP contribution < -0.4 is 0 Å². The van der Waals surface area contributed by atoms with Crippen LogP contribution in [0, 0.1) is 0 Å². The summed E-state index contributed by atoms with van der Waals surface area (Å²) in [5.41, 5.74) is 2.60. The third-order valence-electron chi connectivity index (χ3n) is 1.20. The molecule has 0 fully saturated rings. The van der Waals surface area contributed by atoms with Gasteiger partial charge in [-0.1, -0.05) is 6.92 Å². The molecule has 0 amide bonds. The van der Waals surface area contributed by atoms with E-state index in [1.807, 2.05) is 0 Å². The molecule has 1 aromatic heterocycles. The molecule has 0 aliphatic heterocycles. The maximum atomic E-state index is 8.68. The molecular formula is C6H9NOS. The summed E-state index contributed by atoms with van der Waals surface area (Å²) in [6.45, 7) is 2.14. The number of thiazole rings is 1. The molecule has 0 bridgehead atoms. The van der Waals surface area contributed by atoms with Gasteiger partial charge in [-0.15, -0.1) is 11.3 Å². The lowest BCUT2D eigenvalue weighted by molar-refractivity contribution is 0.276. The van der Waals surface area contributed by atoms with Crippen molar-refractivity contribution in [1.82, 2.24) is 4.98 Å². The van der Waals surface area contributed by atoms with Crippen LogP contribution >= 0.6 is 11.3 Å². The van der Waals surface area contributed by atoms with Crippen LogP contribution in [0.15, 0.2) is 5.51 Å². The van der Waals surface area contributed by atoms with Crippen molar-refractivity contribution in [1.29, 1.82) is 0 Å². The summed E-state index contributed by atoms with van der Waals surface area (Å²) in [6.07, 6.45) is 0.973. The fourth-order valence-electron chi connectivity index (χ4n) is 0.710. The second-order valence-corrected chi connectivity index (χ2v) is 2.67. The molecule has 0 saturated carbocycles. The van der Waals surface area contributed by atoms with Crippen LogP contribution in [-0.4, -0.2) is 10.1 Å². The number of hydrogen-bond acceptors (Lipinski definition) is 3. The lowest BCUT2D eigenvalue weighted by atomic mass is 10.3. The van der Waals surface area contributed by atoms with Crippen molar-refractivity contribution >= 4 is 11.3 Å². The number of hydrogen-bond donors (Lipinski definition) is 1. The predicted octanol–water partition coefficient (Wildman–Crippen LogP) is 1.20. The molecule has 1 rings (SSSR count). The number of rotatable bonds is 2. The summed E-state index contributed by atoms with van der Waals surface area (Å²) < 4.78 is 0. The summed E-state index contributed by atoms with van der Waals surface area (Å²) in [6, 6.07) is 0. The molecule has 0 aliphatic rings. The molecule has 0 saturated heterocycles. The Hall–Kier alpha value is -0.410. The van der Waals surface area contributed by atoms with E-state index >= 15 is 0 Å². The summed E-state index contributed by atoms with van der Waals surface area (Å²) >= 11 is 1.60. The van der Waals surface area contributed by atoms with Crippen molar-refractivity contribution < 1.29 is 5.11 Å². The van der Waals surface area contributed by atoms with Crippen LogP contribution in [-0.2, 0) is 13.0 Å². The molecular weight excluding hydrogens is 134 g/mol. The smallest absolute Gasteiger partial charge is 0.0864 e. The largest absolute Gasteiger partial charge is 0.390 e. The van der Waals surface area contributed by atoms with Gasteiger partial charge in [0.05, 0.1) is 17.8 Å². The standard InChI is InChI=1S/C6H9NOS/c1-2-6-5(3-8)7-4-9-6/h4,8H,2-3H2,1H3. The van der Waals surface area contributed by atoms with Crippen LogP contribution in [0.4, 0.5) is 0 Å². The fourth-order valence-corrected chi connectivity index (χ4v) is 1.44. The van der Waals surface area contributed by atoms with Crippen LogP contribution in [0.1, 0.15) is 17.5 Å². The van der Waals surface area contributed by atoms with Crippen LogP contribution in [0.2, 0.25) is 0 Å². The summed E-state index contributed by atoms with van der Waals surface area (Å²) in [5.74, 6) is 0. The quantitative estimate of drug-likeness (QED) is 0.674. The second-order valence-electron chi connectivity index (χ2n) is 1.73. The first-order chi connectivity index (χ1) is 4.38. The molecule has 50 valence electrons. The van der Waals surface area contributed by atoms with E-state index in [1.165, 1.54) is 4.88 Å². The Bertz CT molecular complexity index is 166. The summed E-state index contributed by atoms with van der Waals surface area (Å²) in [4.78, 5) is 5.17. The van der Waals surface area contributed by atoms with Crippen LogP contribution in [0.5, 0.6) is 0 Å². The van der Waals surface area contributed by atoms with Crippen molar-refractivity contribution in [3.8, 4) is 0 Å². The first-order valence-electron chi connectivity index (χ1n) is 2.90. The Kier molecular flexibility index (Phi) is 2.19. The molecule has 0 radical (unpaired) electrons. The molecule has 1 aromatic rings. The van der Waals surface area contributed by atoms with Gasteiger partial charge in [0.25, 0.3) is 0 Å². The van der Waals surface area contributed by atoms with Crippen LogP contribution in [0.3, 0.4) is 0 Å².